The van der Waals surface area contributed by atoms with E-state index >= 15 is 0 Å². The smallest absolute Gasteiger partial charge is 0.103 e. The molecule has 0 radical (unpaired) electrons. The first-order chi connectivity index (χ1) is 5.33. The van der Waals surface area contributed by atoms with Gasteiger partial charge in [-0.05, 0) is 24.2 Å². The van der Waals surface area contributed by atoms with Crippen LogP contribution in [0.15, 0.2) is 4.21 Å². The number of nitriles is 1. The van der Waals surface area contributed by atoms with E-state index in [1.807, 2.05) is 13.2 Å². The Bertz CT molecular complexity index is 264. The van der Waals surface area contributed by atoms with Gasteiger partial charge in [-0.1, -0.05) is 6.92 Å². The minimum atomic E-state index is 0.769. The third kappa shape index (κ3) is 1.55. The predicted octanol–water partition coefficient (Wildman–Crippen LogP) is 2.30. The van der Waals surface area contributed by atoms with E-state index in [1.54, 1.807) is 11.8 Å². The molecule has 11 heavy (non-hydrogen) atoms. The van der Waals surface area contributed by atoms with Crippen molar-refractivity contribution in [1.82, 2.24) is 4.37 Å². The molecule has 0 bridgehead atoms. The molecule has 1 aromatic heterocycles. The van der Waals surface area contributed by atoms with Crippen LogP contribution in [0.4, 0.5) is 0 Å². The standard InChI is InChI=1S/C7H8N2S2/c1-3-6-5(4-8)7(10-2)11-9-6/h3H2,1-2H3. The molecule has 0 unspecified atom stereocenters. The Morgan fingerprint density at radius 3 is 2.91 bits per heavy atom. The van der Waals surface area contributed by atoms with E-state index in [0.717, 1.165) is 21.9 Å². The Morgan fingerprint density at radius 1 is 1.73 bits per heavy atom. The van der Waals surface area contributed by atoms with Gasteiger partial charge in [-0.15, -0.1) is 11.8 Å². The van der Waals surface area contributed by atoms with Gasteiger partial charge in [-0.25, -0.2) is 0 Å². The Kier molecular flexibility index (Phi) is 2.92. The van der Waals surface area contributed by atoms with Crippen LogP contribution in [-0.2, 0) is 6.42 Å². The number of aryl methyl sites for hydroxylation is 1. The molecule has 2 nitrogen and oxygen atoms in total. The molecular weight excluding hydrogens is 176 g/mol. The van der Waals surface area contributed by atoms with Crippen molar-refractivity contribution >= 4 is 23.3 Å². The van der Waals surface area contributed by atoms with Crippen LogP contribution in [0.5, 0.6) is 0 Å². The minimum absolute atomic E-state index is 0.769. The van der Waals surface area contributed by atoms with E-state index in [0.29, 0.717) is 0 Å². The minimum Gasteiger partial charge on any atom is -0.195 e. The SMILES string of the molecule is CCc1nsc(SC)c1C#N. The van der Waals surface area contributed by atoms with Gasteiger partial charge in [0.2, 0.25) is 0 Å². The third-order valence-corrected chi connectivity index (χ3v) is 3.34. The Balaban J connectivity index is 3.12. The van der Waals surface area contributed by atoms with E-state index in [1.165, 1.54) is 11.5 Å². The fraction of sp³-hybridized carbons (Fsp3) is 0.429. The van der Waals surface area contributed by atoms with Gasteiger partial charge in [0.05, 0.1) is 15.5 Å². The Labute approximate surface area is 74.4 Å². The number of hydrogen-bond acceptors (Lipinski definition) is 4. The normalized spacial score (nSPS) is 9.55. The topological polar surface area (TPSA) is 36.7 Å². The summed E-state index contributed by atoms with van der Waals surface area (Å²) in [6, 6.07) is 2.17. The summed E-state index contributed by atoms with van der Waals surface area (Å²) in [4.78, 5) is 0. The highest BCUT2D eigenvalue weighted by molar-refractivity contribution is 8.00. The average Bonchev–Trinajstić information content (AvgIpc) is 2.45. The van der Waals surface area contributed by atoms with Crippen molar-refractivity contribution in [2.75, 3.05) is 6.26 Å². The van der Waals surface area contributed by atoms with Crippen LogP contribution in [0.2, 0.25) is 0 Å². The molecule has 0 aliphatic carbocycles. The van der Waals surface area contributed by atoms with Crippen molar-refractivity contribution in [3.05, 3.63) is 11.3 Å². The van der Waals surface area contributed by atoms with Gasteiger partial charge < -0.3 is 0 Å². The lowest BCUT2D eigenvalue weighted by Gasteiger charge is -1.89. The molecule has 0 aromatic carbocycles. The van der Waals surface area contributed by atoms with Crippen LogP contribution >= 0.6 is 23.3 Å². The lowest BCUT2D eigenvalue weighted by molar-refractivity contribution is 1.07. The van der Waals surface area contributed by atoms with Crippen LogP contribution in [0.3, 0.4) is 0 Å². The molecule has 1 heterocycles. The highest BCUT2D eigenvalue weighted by Crippen LogP contribution is 2.27. The molecule has 0 fully saturated rings. The molecule has 0 amide bonds. The van der Waals surface area contributed by atoms with E-state index < -0.39 is 0 Å². The van der Waals surface area contributed by atoms with Crippen molar-refractivity contribution in [2.24, 2.45) is 0 Å². The van der Waals surface area contributed by atoms with Gasteiger partial charge in [0.1, 0.15) is 6.07 Å². The molecule has 4 heteroatoms. The summed E-state index contributed by atoms with van der Waals surface area (Å²) >= 11 is 3.01. The number of nitrogens with zero attached hydrogens (tertiary/aromatic N) is 2. The van der Waals surface area contributed by atoms with Gasteiger partial charge in [0.15, 0.2) is 0 Å². The molecule has 0 atom stereocenters. The highest BCUT2D eigenvalue weighted by Gasteiger charge is 2.09. The summed E-state index contributed by atoms with van der Waals surface area (Å²) in [5, 5.41) is 8.75. The summed E-state index contributed by atoms with van der Waals surface area (Å²) in [6.45, 7) is 2.01. The summed E-state index contributed by atoms with van der Waals surface area (Å²) < 4.78 is 5.21. The van der Waals surface area contributed by atoms with Gasteiger partial charge in [0.25, 0.3) is 0 Å². The maximum Gasteiger partial charge on any atom is 0.103 e. The van der Waals surface area contributed by atoms with E-state index in [4.69, 9.17) is 5.26 Å². The van der Waals surface area contributed by atoms with Gasteiger partial charge in [-0.3, -0.25) is 0 Å². The van der Waals surface area contributed by atoms with E-state index in [-0.39, 0.29) is 0 Å². The first-order valence-electron chi connectivity index (χ1n) is 3.26. The summed E-state index contributed by atoms with van der Waals surface area (Å²) in [7, 11) is 0. The van der Waals surface area contributed by atoms with Crippen LogP contribution in [-0.4, -0.2) is 10.6 Å². The molecular formula is C7H8N2S2. The quantitative estimate of drug-likeness (QED) is 0.662. The zero-order chi connectivity index (χ0) is 8.27. The monoisotopic (exact) mass is 184 g/mol. The Hall–Kier alpha value is -0.530. The second kappa shape index (κ2) is 3.74. The fourth-order valence-corrected chi connectivity index (χ4v) is 2.24. The molecule has 0 N–H and O–H groups in total. The fourth-order valence-electron chi connectivity index (χ4n) is 0.796. The van der Waals surface area contributed by atoms with E-state index in [2.05, 4.69) is 10.4 Å². The number of thioether (sulfide) groups is 1. The van der Waals surface area contributed by atoms with Gasteiger partial charge in [0, 0.05) is 0 Å². The molecule has 0 aliphatic heterocycles. The second-order valence-corrected chi connectivity index (χ2v) is 3.81. The van der Waals surface area contributed by atoms with Crippen molar-refractivity contribution in [3.8, 4) is 6.07 Å². The largest absolute Gasteiger partial charge is 0.195 e. The van der Waals surface area contributed by atoms with Gasteiger partial charge in [-0.2, -0.15) is 9.64 Å². The summed E-state index contributed by atoms with van der Waals surface area (Å²) in [5.41, 5.74) is 1.70. The summed E-state index contributed by atoms with van der Waals surface area (Å²) in [5.74, 6) is 0. The molecule has 1 rings (SSSR count). The zero-order valence-corrected chi connectivity index (χ0v) is 8.05. The molecule has 1 aromatic rings. The number of aromatic nitrogens is 1. The van der Waals surface area contributed by atoms with Crippen molar-refractivity contribution in [1.29, 1.82) is 5.26 Å². The molecule has 0 saturated carbocycles. The maximum atomic E-state index is 8.75. The summed E-state index contributed by atoms with van der Waals surface area (Å²) in [6.07, 6.45) is 2.81. The van der Waals surface area contributed by atoms with Crippen LogP contribution < -0.4 is 0 Å². The molecule has 0 saturated heterocycles. The van der Waals surface area contributed by atoms with Crippen LogP contribution in [0, 0.1) is 11.3 Å². The lowest BCUT2D eigenvalue weighted by Crippen LogP contribution is -1.83. The van der Waals surface area contributed by atoms with E-state index in [9.17, 15) is 0 Å². The number of hydrogen-bond donors (Lipinski definition) is 0. The molecule has 58 valence electrons. The highest BCUT2D eigenvalue weighted by atomic mass is 32.2. The Morgan fingerprint density at radius 2 is 2.45 bits per heavy atom. The first kappa shape index (κ1) is 8.57. The average molecular weight is 184 g/mol. The zero-order valence-electron chi connectivity index (χ0n) is 6.42. The van der Waals surface area contributed by atoms with Crippen molar-refractivity contribution in [3.63, 3.8) is 0 Å². The van der Waals surface area contributed by atoms with Crippen molar-refractivity contribution in [2.45, 2.75) is 17.6 Å². The third-order valence-electron chi connectivity index (χ3n) is 1.36. The van der Waals surface area contributed by atoms with Crippen LogP contribution in [0.25, 0.3) is 0 Å². The second-order valence-electron chi connectivity index (χ2n) is 1.96. The molecule has 0 spiro atoms. The maximum absolute atomic E-state index is 8.75. The lowest BCUT2D eigenvalue weighted by atomic mass is 10.2. The first-order valence-corrected chi connectivity index (χ1v) is 5.26. The van der Waals surface area contributed by atoms with Crippen molar-refractivity contribution < 1.29 is 0 Å². The molecule has 0 aliphatic rings. The number of rotatable bonds is 2. The van der Waals surface area contributed by atoms with Crippen LogP contribution in [0.1, 0.15) is 18.2 Å². The van der Waals surface area contributed by atoms with Gasteiger partial charge >= 0.3 is 0 Å². The predicted molar refractivity (Wildman–Crippen MR) is 48.0 cm³/mol.